The van der Waals surface area contributed by atoms with E-state index < -0.39 is 5.60 Å². The molecule has 1 aliphatic rings. The summed E-state index contributed by atoms with van der Waals surface area (Å²) in [6.07, 6.45) is 0.370. The molecule has 0 bridgehead atoms. The van der Waals surface area contributed by atoms with Gasteiger partial charge >= 0.3 is 6.09 Å². The highest BCUT2D eigenvalue weighted by Gasteiger charge is 2.26. The summed E-state index contributed by atoms with van der Waals surface area (Å²) in [7, 11) is 1.48. The van der Waals surface area contributed by atoms with Crippen LogP contribution in [0.15, 0.2) is 18.2 Å². The van der Waals surface area contributed by atoms with E-state index in [1.165, 1.54) is 7.11 Å². The third-order valence-electron chi connectivity index (χ3n) is 3.47. The van der Waals surface area contributed by atoms with Gasteiger partial charge in [-0.25, -0.2) is 4.79 Å². The van der Waals surface area contributed by atoms with Crippen LogP contribution in [-0.4, -0.2) is 42.8 Å². The first-order valence-corrected chi connectivity index (χ1v) is 7.67. The van der Waals surface area contributed by atoms with Gasteiger partial charge in [-0.3, -0.25) is 4.79 Å². The molecule has 0 saturated heterocycles. The lowest BCUT2D eigenvalue weighted by atomic mass is 9.98. The van der Waals surface area contributed by atoms with Gasteiger partial charge in [0, 0.05) is 25.9 Å². The van der Waals surface area contributed by atoms with Gasteiger partial charge in [0.25, 0.3) is 0 Å². The van der Waals surface area contributed by atoms with Crippen molar-refractivity contribution in [3.63, 3.8) is 0 Å². The predicted octanol–water partition coefficient (Wildman–Crippen LogP) is 2.56. The number of nitrogens with one attached hydrogen (secondary N) is 1. The maximum Gasteiger partial charge on any atom is 0.410 e. The van der Waals surface area contributed by atoms with Crippen molar-refractivity contribution in [2.75, 3.05) is 25.6 Å². The molecule has 0 spiro atoms. The van der Waals surface area contributed by atoms with Crippen LogP contribution in [0.1, 0.15) is 31.9 Å². The zero-order chi connectivity index (χ0) is 17.0. The number of fused-ring (bicyclic) bond motifs is 1. The van der Waals surface area contributed by atoms with Gasteiger partial charge in [-0.1, -0.05) is 12.1 Å². The Morgan fingerprint density at radius 2 is 2.04 bits per heavy atom. The number of hydrogen-bond acceptors (Lipinski definition) is 4. The Morgan fingerprint density at radius 1 is 1.30 bits per heavy atom. The summed E-state index contributed by atoms with van der Waals surface area (Å²) in [5.74, 6) is -0.185. The SMILES string of the molecule is COCC(=O)Nc1cccc2c1CCN(C(=O)OC(C)(C)C)C2. The second-order valence-electron chi connectivity index (χ2n) is 6.58. The summed E-state index contributed by atoms with van der Waals surface area (Å²) in [6.45, 7) is 6.63. The monoisotopic (exact) mass is 320 g/mol. The number of amides is 2. The minimum Gasteiger partial charge on any atom is -0.444 e. The molecule has 1 aromatic carbocycles. The Balaban J connectivity index is 2.10. The minimum absolute atomic E-state index is 0.0215. The first-order valence-electron chi connectivity index (χ1n) is 7.67. The van der Waals surface area contributed by atoms with Gasteiger partial charge in [0.2, 0.25) is 5.91 Å². The number of hydrogen-bond donors (Lipinski definition) is 1. The molecule has 1 aromatic rings. The average molecular weight is 320 g/mol. The maximum absolute atomic E-state index is 12.2. The molecule has 0 unspecified atom stereocenters. The normalized spacial score (nSPS) is 14.2. The lowest BCUT2D eigenvalue weighted by Crippen LogP contribution is -2.40. The smallest absolute Gasteiger partial charge is 0.410 e. The Labute approximate surface area is 136 Å². The Kier molecular flexibility index (Phi) is 5.26. The summed E-state index contributed by atoms with van der Waals surface area (Å²) in [5.41, 5.74) is 2.37. The van der Waals surface area contributed by atoms with E-state index in [9.17, 15) is 9.59 Å². The van der Waals surface area contributed by atoms with Crippen LogP contribution in [0.25, 0.3) is 0 Å². The van der Waals surface area contributed by atoms with Gasteiger partial charge in [-0.15, -0.1) is 0 Å². The number of ether oxygens (including phenoxy) is 2. The van der Waals surface area contributed by atoms with Gasteiger partial charge in [-0.05, 0) is 44.4 Å². The molecule has 23 heavy (non-hydrogen) atoms. The molecule has 1 heterocycles. The molecule has 6 heteroatoms. The number of carbonyl (C=O) groups is 2. The zero-order valence-electron chi connectivity index (χ0n) is 14.1. The highest BCUT2D eigenvalue weighted by atomic mass is 16.6. The molecule has 2 rings (SSSR count). The van der Waals surface area contributed by atoms with Crippen LogP contribution < -0.4 is 5.32 Å². The minimum atomic E-state index is -0.507. The molecule has 0 atom stereocenters. The number of benzene rings is 1. The molecule has 2 amide bonds. The van der Waals surface area contributed by atoms with Crippen molar-refractivity contribution in [3.05, 3.63) is 29.3 Å². The summed E-state index contributed by atoms with van der Waals surface area (Å²) in [4.78, 5) is 25.6. The molecule has 0 radical (unpaired) electrons. The average Bonchev–Trinajstić information content (AvgIpc) is 2.45. The fraction of sp³-hybridized carbons (Fsp3) is 0.529. The topological polar surface area (TPSA) is 67.9 Å². The molecule has 0 aromatic heterocycles. The molecule has 126 valence electrons. The molecular formula is C17H24N2O4. The van der Waals surface area contributed by atoms with Crippen molar-refractivity contribution in [2.24, 2.45) is 0 Å². The maximum atomic E-state index is 12.2. The summed E-state index contributed by atoms with van der Waals surface area (Å²) in [6, 6.07) is 5.72. The molecular weight excluding hydrogens is 296 g/mol. The van der Waals surface area contributed by atoms with Crippen molar-refractivity contribution in [2.45, 2.75) is 39.3 Å². The Morgan fingerprint density at radius 3 is 2.70 bits per heavy atom. The van der Waals surface area contributed by atoms with Gasteiger partial charge in [0.1, 0.15) is 12.2 Å². The Hall–Kier alpha value is -2.08. The van der Waals surface area contributed by atoms with Gasteiger partial charge in [-0.2, -0.15) is 0 Å². The quantitative estimate of drug-likeness (QED) is 0.929. The highest BCUT2D eigenvalue weighted by molar-refractivity contribution is 5.92. The molecule has 6 nitrogen and oxygen atoms in total. The van der Waals surface area contributed by atoms with Crippen LogP contribution in [0.5, 0.6) is 0 Å². The number of rotatable bonds is 3. The van der Waals surface area contributed by atoms with Gasteiger partial charge in [0.15, 0.2) is 0 Å². The van der Waals surface area contributed by atoms with E-state index in [4.69, 9.17) is 9.47 Å². The van der Waals surface area contributed by atoms with Crippen LogP contribution in [0, 0.1) is 0 Å². The van der Waals surface area contributed by atoms with Crippen LogP contribution in [0.2, 0.25) is 0 Å². The van der Waals surface area contributed by atoms with Crippen LogP contribution in [0.4, 0.5) is 10.5 Å². The van der Waals surface area contributed by atoms with E-state index in [-0.39, 0.29) is 18.6 Å². The second kappa shape index (κ2) is 7.00. The van der Waals surface area contributed by atoms with Crippen molar-refractivity contribution in [1.29, 1.82) is 0 Å². The van der Waals surface area contributed by atoms with E-state index in [2.05, 4.69) is 5.32 Å². The lowest BCUT2D eigenvalue weighted by Gasteiger charge is -2.32. The summed E-state index contributed by atoms with van der Waals surface area (Å²) in [5, 5.41) is 2.85. The standard InChI is InChI=1S/C17H24N2O4/c1-17(2,3)23-16(21)19-9-8-13-12(10-19)6-5-7-14(13)18-15(20)11-22-4/h5-7H,8-11H2,1-4H3,(H,18,20). The largest absolute Gasteiger partial charge is 0.444 e. The molecule has 0 aliphatic carbocycles. The fourth-order valence-electron chi connectivity index (χ4n) is 2.53. The number of nitrogens with zero attached hydrogens (tertiary/aromatic N) is 1. The highest BCUT2D eigenvalue weighted by Crippen LogP contribution is 2.27. The number of carbonyl (C=O) groups excluding carboxylic acids is 2. The first kappa shape index (κ1) is 17.3. The molecule has 0 saturated carbocycles. The number of anilines is 1. The Bertz CT molecular complexity index is 593. The first-order chi connectivity index (χ1) is 10.8. The van der Waals surface area contributed by atoms with Crippen molar-refractivity contribution in [1.82, 2.24) is 4.90 Å². The van der Waals surface area contributed by atoms with E-state index in [0.717, 1.165) is 16.8 Å². The molecule has 1 N–H and O–H groups in total. The summed E-state index contributed by atoms with van der Waals surface area (Å²) >= 11 is 0. The van der Waals surface area contributed by atoms with Crippen LogP contribution in [0.3, 0.4) is 0 Å². The lowest BCUT2D eigenvalue weighted by molar-refractivity contribution is -0.119. The zero-order valence-corrected chi connectivity index (χ0v) is 14.1. The van der Waals surface area contributed by atoms with Crippen molar-refractivity contribution in [3.8, 4) is 0 Å². The van der Waals surface area contributed by atoms with E-state index in [0.29, 0.717) is 19.5 Å². The van der Waals surface area contributed by atoms with Crippen molar-refractivity contribution >= 4 is 17.7 Å². The number of methoxy groups -OCH3 is 1. The van der Waals surface area contributed by atoms with E-state index >= 15 is 0 Å². The third kappa shape index (κ3) is 4.69. The second-order valence-corrected chi connectivity index (χ2v) is 6.58. The predicted molar refractivity (Wildman–Crippen MR) is 87.3 cm³/mol. The van der Waals surface area contributed by atoms with Gasteiger partial charge in [0.05, 0.1) is 0 Å². The van der Waals surface area contributed by atoms with E-state index in [1.54, 1.807) is 4.90 Å². The molecule has 0 fully saturated rings. The fourth-order valence-corrected chi connectivity index (χ4v) is 2.53. The molecule has 1 aliphatic heterocycles. The van der Waals surface area contributed by atoms with Crippen LogP contribution >= 0.6 is 0 Å². The van der Waals surface area contributed by atoms with E-state index in [1.807, 2.05) is 39.0 Å². The van der Waals surface area contributed by atoms with Crippen molar-refractivity contribution < 1.29 is 19.1 Å². The third-order valence-corrected chi connectivity index (χ3v) is 3.47. The van der Waals surface area contributed by atoms with Crippen LogP contribution in [-0.2, 0) is 27.2 Å². The summed E-state index contributed by atoms with van der Waals surface area (Å²) < 4.78 is 10.3. The van der Waals surface area contributed by atoms with Gasteiger partial charge < -0.3 is 19.7 Å².